The quantitative estimate of drug-likeness (QED) is 0.556. The molecule has 1 heterocycles. The molecule has 0 spiro atoms. The lowest BCUT2D eigenvalue weighted by Crippen LogP contribution is -3.28. The number of carbonyl (C=O) groups excluding carboxylic acids is 1. The van der Waals surface area contributed by atoms with Crippen LogP contribution in [0.15, 0.2) is 66.7 Å². The molecule has 0 saturated carbocycles. The van der Waals surface area contributed by atoms with E-state index in [0.717, 1.165) is 26.2 Å². The van der Waals surface area contributed by atoms with Gasteiger partial charge in [-0.25, -0.2) is 0 Å². The van der Waals surface area contributed by atoms with Gasteiger partial charge in [0.25, 0.3) is 5.91 Å². The Labute approximate surface area is 193 Å². The third-order valence-corrected chi connectivity index (χ3v) is 6.98. The normalized spacial score (nSPS) is 19.8. The number of nitrogens with one attached hydrogen (secondary N) is 3. The number of ether oxygens (including phenoxy) is 1. The summed E-state index contributed by atoms with van der Waals surface area (Å²) < 4.78 is 5.17. The van der Waals surface area contributed by atoms with Gasteiger partial charge in [-0.3, -0.25) is 4.79 Å². The zero-order valence-corrected chi connectivity index (χ0v) is 18.9. The van der Waals surface area contributed by atoms with Gasteiger partial charge in [0, 0.05) is 16.8 Å². The molecule has 0 bridgehead atoms. The number of benzene rings is 3. The maximum atomic E-state index is 12.6. The van der Waals surface area contributed by atoms with Crippen molar-refractivity contribution < 1.29 is 19.3 Å². The van der Waals surface area contributed by atoms with Crippen molar-refractivity contribution in [3.63, 3.8) is 0 Å². The van der Waals surface area contributed by atoms with Gasteiger partial charge in [-0.2, -0.15) is 0 Å². The molecular weight excluding hydrogens is 422 g/mol. The fraction of sp³-hybridized carbons (Fsp3) is 0.269. The minimum Gasteiger partial charge on any atom is -0.495 e. The van der Waals surface area contributed by atoms with E-state index in [1.54, 1.807) is 24.1 Å². The molecule has 0 atom stereocenters. The number of methoxy groups -OCH3 is 1. The van der Waals surface area contributed by atoms with E-state index in [4.69, 9.17) is 16.3 Å². The van der Waals surface area contributed by atoms with E-state index in [0.29, 0.717) is 29.0 Å². The molecule has 0 radical (unpaired) electrons. The molecule has 3 aromatic rings. The molecule has 1 aliphatic heterocycles. The number of anilines is 1. The van der Waals surface area contributed by atoms with Gasteiger partial charge in [0.2, 0.25) is 0 Å². The molecule has 5 rings (SSSR count). The number of amides is 1. The summed E-state index contributed by atoms with van der Waals surface area (Å²) in [5.74, 6) is 0.616. The number of rotatable bonds is 5. The Kier molecular flexibility index (Phi) is 5.87. The van der Waals surface area contributed by atoms with Gasteiger partial charge in [0.1, 0.15) is 38.0 Å². The molecule has 164 valence electrons. The van der Waals surface area contributed by atoms with Crippen LogP contribution in [0.3, 0.4) is 0 Å². The van der Waals surface area contributed by atoms with Gasteiger partial charge in [-0.15, -0.1) is 0 Å². The second-order valence-corrected chi connectivity index (χ2v) is 9.00. The summed E-state index contributed by atoms with van der Waals surface area (Å²) in [5.41, 5.74) is 6.30. The van der Waals surface area contributed by atoms with E-state index in [2.05, 4.69) is 53.8 Å². The van der Waals surface area contributed by atoms with Crippen LogP contribution in [0.4, 0.5) is 5.69 Å². The molecular formula is C26H28ClN3O2+2. The largest absolute Gasteiger partial charge is 0.495 e. The van der Waals surface area contributed by atoms with Crippen LogP contribution in [0.2, 0.25) is 5.02 Å². The van der Waals surface area contributed by atoms with E-state index in [1.807, 2.05) is 6.07 Å². The zero-order chi connectivity index (χ0) is 22.1. The third-order valence-electron chi connectivity index (χ3n) is 6.69. The van der Waals surface area contributed by atoms with Crippen molar-refractivity contribution in [1.82, 2.24) is 0 Å². The molecule has 1 saturated heterocycles. The van der Waals surface area contributed by atoms with Crippen molar-refractivity contribution in [1.29, 1.82) is 0 Å². The molecule has 3 aromatic carbocycles. The van der Waals surface area contributed by atoms with E-state index in [-0.39, 0.29) is 5.91 Å². The molecule has 32 heavy (non-hydrogen) atoms. The summed E-state index contributed by atoms with van der Waals surface area (Å²) in [5, 5.41) is 3.46. The molecule has 1 fully saturated rings. The summed E-state index contributed by atoms with van der Waals surface area (Å²) in [6, 6.07) is 23.3. The summed E-state index contributed by atoms with van der Waals surface area (Å²) in [4.78, 5) is 15.5. The van der Waals surface area contributed by atoms with Crippen LogP contribution in [-0.2, 0) is 4.79 Å². The zero-order valence-electron chi connectivity index (χ0n) is 18.2. The van der Waals surface area contributed by atoms with Gasteiger partial charge in [-0.1, -0.05) is 60.1 Å². The molecule has 5 nitrogen and oxygen atoms in total. The second kappa shape index (κ2) is 8.94. The van der Waals surface area contributed by atoms with E-state index < -0.39 is 0 Å². The van der Waals surface area contributed by atoms with Crippen molar-refractivity contribution >= 4 is 23.2 Å². The first-order chi connectivity index (χ1) is 15.6. The fourth-order valence-corrected chi connectivity index (χ4v) is 5.42. The summed E-state index contributed by atoms with van der Waals surface area (Å²) in [6.45, 7) is 4.52. The highest BCUT2D eigenvalue weighted by atomic mass is 35.5. The lowest BCUT2D eigenvalue weighted by atomic mass is 10.0. The standard InChI is InChI=1S/C26H26ClN3O2/c1-32-24-11-10-18(16-23(24)27)28-25(31)17-29-12-14-30(15-13-29)26-21-8-4-2-6-19(21)20-7-3-5-9-22(20)26/h2-11,16,26H,12-15,17H2,1H3,(H,28,31)/p+2. The van der Waals surface area contributed by atoms with E-state index in [1.165, 1.54) is 27.2 Å². The molecule has 6 heteroatoms. The first kappa shape index (κ1) is 21.0. The van der Waals surface area contributed by atoms with Crippen molar-refractivity contribution in [2.45, 2.75) is 6.04 Å². The lowest BCUT2D eigenvalue weighted by Gasteiger charge is -2.33. The Hall–Kier alpha value is -2.86. The predicted octanol–water partition coefficient (Wildman–Crippen LogP) is 1.84. The highest BCUT2D eigenvalue weighted by molar-refractivity contribution is 6.32. The van der Waals surface area contributed by atoms with Crippen LogP contribution in [0.5, 0.6) is 5.75 Å². The van der Waals surface area contributed by atoms with Gasteiger partial charge >= 0.3 is 0 Å². The number of piperazine rings is 1. The molecule has 1 amide bonds. The topological polar surface area (TPSA) is 47.2 Å². The third kappa shape index (κ3) is 3.99. The van der Waals surface area contributed by atoms with E-state index >= 15 is 0 Å². The minimum atomic E-state index is 0.0150. The van der Waals surface area contributed by atoms with Crippen LogP contribution >= 0.6 is 11.6 Å². The smallest absolute Gasteiger partial charge is 0.279 e. The molecule has 1 aliphatic carbocycles. The Bertz CT molecular complexity index is 1100. The molecule has 2 aliphatic rings. The van der Waals surface area contributed by atoms with Crippen LogP contribution in [0, 0.1) is 0 Å². The Balaban J connectivity index is 1.21. The van der Waals surface area contributed by atoms with Crippen LogP contribution in [-0.4, -0.2) is 45.7 Å². The Morgan fingerprint density at radius 2 is 1.59 bits per heavy atom. The number of fused-ring (bicyclic) bond motifs is 3. The summed E-state index contributed by atoms with van der Waals surface area (Å²) >= 11 is 6.17. The van der Waals surface area contributed by atoms with Crippen LogP contribution in [0.1, 0.15) is 17.2 Å². The average molecular weight is 450 g/mol. The van der Waals surface area contributed by atoms with Gasteiger partial charge in [0.05, 0.1) is 12.1 Å². The van der Waals surface area contributed by atoms with Crippen LogP contribution in [0.25, 0.3) is 11.1 Å². The number of hydrogen-bond acceptors (Lipinski definition) is 2. The molecule has 0 aromatic heterocycles. The van der Waals surface area contributed by atoms with E-state index in [9.17, 15) is 4.79 Å². The predicted molar refractivity (Wildman–Crippen MR) is 127 cm³/mol. The Morgan fingerprint density at radius 3 is 2.19 bits per heavy atom. The monoisotopic (exact) mass is 449 g/mol. The summed E-state index contributed by atoms with van der Waals surface area (Å²) in [7, 11) is 1.58. The second-order valence-electron chi connectivity index (χ2n) is 8.59. The Morgan fingerprint density at radius 1 is 0.969 bits per heavy atom. The number of hydrogen-bond donors (Lipinski definition) is 3. The number of quaternary nitrogens is 2. The first-order valence-corrected chi connectivity index (χ1v) is 11.5. The highest BCUT2D eigenvalue weighted by Gasteiger charge is 2.38. The molecule has 3 N–H and O–H groups in total. The number of carbonyl (C=O) groups is 1. The van der Waals surface area contributed by atoms with Crippen LogP contribution < -0.4 is 19.9 Å². The minimum absolute atomic E-state index is 0.0150. The van der Waals surface area contributed by atoms with Crippen molar-refractivity contribution in [2.24, 2.45) is 0 Å². The van der Waals surface area contributed by atoms with Gasteiger partial charge < -0.3 is 19.9 Å². The van der Waals surface area contributed by atoms with Gasteiger partial charge in [0.15, 0.2) is 6.54 Å². The summed E-state index contributed by atoms with van der Waals surface area (Å²) in [6.07, 6.45) is 0. The number of halogens is 1. The average Bonchev–Trinajstić information content (AvgIpc) is 3.14. The maximum Gasteiger partial charge on any atom is 0.279 e. The van der Waals surface area contributed by atoms with Gasteiger partial charge in [-0.05, 0) is 29.3 Å². The van der Waals surface area contributed by atoms with Crippen molar-refractivity contribution in [3.05, 3.63) is 82.9 Å². The first-order valence-electron chi connectivity index (χ1n) is 11.1. The maximum absolute atomic E-state index is 12.6. The fourth-order valence-electron chi connectivity index (χ4n) is 5.16. The highest BCUT2D eigenvalue weighted by Crippen LogP contribution is 2.41. The lowest BCUT2D eigenvalue weighted by molar-refractivity contribution is -1.02. The van der Waals surface area contributed by atoms with Crippen molar-refractivity contribution in [2.75, 3.05) is 45.2 Å². The molecule has 0 unspecified atom stereocenters. The van der Waals surface area contributed by atoms with Crippen molar-refractivity contribution in [3.8, 4) is 16.9 Å². The SMILES string of the molecule is COc1ccc(NC(=O)C[NH+]2CC[NH+](C3c4ccccc4-c4ccccc43)CC2)cc1Cl.